The van der Waals surface area contributed by atoms with E-state index in [9.17, 15) is 9.59 Å². The molecule has 9 aromatic rings. The highest BCUT2D eigenvalue weighted by Gasteiger charge is 2.13. The van der Waals surface area contributed by atoms with Crippen molar-refractivity contribution in [2.45, 2.75) is 93.9 Å². The van der Waals surface area contributed by atoms with Gasteiger partial charge >= 0.3 is 0 Å². The number of aryl methyl sites for hydroxylation is 8. The Kier molecular flexibility index (Phi) is 21.6. The fraction of sp³-hybridized carbons (Fsp3) is 0.192. The maximum Gasteiger partial charge on any atom is 0.292 e. The Labute approximate surface area is 487 Å². The molecule has 0 bridgehead atoms. The van der Waals surface area contributed by atoms with E-state index in [2.05, 4.69) is 120 Å². The molecule has 0 aromatic heterocycles. The fourth-order valence-electron chi connectivity index (χ4n) is 10.0. The van der Waals surface area contributed by atoms with Crippen LogP contribution in [0.5, 0.6) is 17.2 Å². The lowest BCUT2D eigenvalue weighted by molar-refractivity contribution is 0.506. The van der Waals surface area contributed by atoms with E-state index in [-0.39, 0.29) is 0 Å². The van der Waals surface area contributed by atoms with E-state index < -0.39 is 0 Å². The first kappa shape index (κ1) is 60.3. The molecule has 0 aliphatic carbocycles. The summed E-state index contributed by atoms with van der Waals surface area (Å²) in [5, 5.41) is 25.7. The van der Waals surface area contributed by atoms with Gasteiger partial charge in [0, 0.05) is 0 Å². The van der Waals surface area contributed by atoms with E-state index in [0.29, 0.717) is 28.6 Å². The van der Waals surface area contributed by atoms with Crippen LogP contribution in [0.15, 0.2) is 186 Å². The predicted molar refractivity (Wildman–Crippen MR) is 327 cm³/mol. The van der Waals surface area contributed by atoms with Gasteiger partial charge in [0.1, 0.15) is 17.2 Å². The number of carbonyl (C=O) groups excluding carboxylic acids is 2. The number of nitrogens with zero attached hydrogens (tertiary/aromatic N) is 5. The molecule has 10 heteroatoms. The zero-order valence-electron chi connectivity index (χ0n) is 48.3. The van der Waals surface area contributed by atoms with Crippen LogP contribution < -0.4 is 14.2 Å². The average molecular weight is 1090 g/mol. The zero-order valence-corrected chi connectivity index (χ0v) is 48.3. The number of hydrogen-bond acceptors (Lipinski definition) is 10. The van der Waals surface area contributed by atoms with Crippen molar-refractivity contribution in [1.82, 2.24) is 0 Å². The molecule has 0 heterocycles. The Morgan fingerprint density at radius 3 is 0.819 bits per heavy atom. The SMILES string of the molecule is Cc1cc(C)c(Cc2cc(Cc3ccc(OC#N)cc3)c(C)cc2C)cc1Cc1ccc(N=C=O)cc1.Cc1cc(C)c(Cc2ccc(OC#N)cc2)cc1Cc1ccc(N=C=O)cc1.Cc1ccc(Cc2ccc(OC#N)cc2)c(C)c1. The van der Waals surface area contributed by atoms with Crippen molar-refractivity contribution in [3.05, 3.63) is 287 Å². The van der Waals surface area contributed by atoms with Crippen LogP contribution in [0.1, 0.15) is 111 Å². The second-order valence-corrected chi connectivity index (χ2v) is 20.9. The highest BCUT2D eigenvalue weighted by molar-refractivity contribution is 5.52. The third-order valence-electron chi connectivity index (χ3n) is 14.7. The summed E-state index contributed by atoms with van der Waals surface area (Å²) in [5.74, 6) is 1.69. The van der Waals surface area contributed by atoms with Crippen molar-refractivity contribution in [2.75, 3.05) is 0 Å². The molecule has 0 radical (unpaired) electrons. The molecule has 0 fully saturated rings. The monoisotopic (exact) mass is 1090 g/mol. The summed E-state index contributed by atoms with van der Waals surface area (Å²) in [6, 6.07) is 58.5. The molecular formula is C73H65N5O5. The number of rotatable bonds is 17. The number of hydrogen-bond donors (Lipinski definition) is 0. The number of ether oxygens (including phenoxy) is 3. The molecule has 0 saturated heterocycles. The lowest BCUT2D eigenvalue weighted by Crippen LogP contribution is -2.02. The Balaban J connectivity index is 0.000000190. The van der Waals surface area contributed by atoms with Gasteiger partial charge in [-0.25, -0.2) is 9.59 Å². The van der Waals surface area contributed by atoms with Crippen molar-refractivity contribution >= 4 is 23.5 Å². The lowest BCUT2D eigenvalue weighted by atomic mass is 9.89. The van der Waals surface area contributed by atoms with Gasteiger partial charge in [-0.3, -0.25) is 0 Å². The molecule has 83 heavy (non-hydrogen) atoms. The van der Waals surface area contributed by atoms with Gasteiger partial charge in [0.25, 0.3) is 18.8 Å². The average Bonchev–Trinajstić information content (AvgIpc) is 3.58. The Morgan fingerprint density at radius 2 is 0.554 bits per heavy atom. The Bertz CT molecular complexity index is 3930. The van der Waals surface area contributed by atoms with Gasteiger partial charge in [0.2, 0.25) is 12.2 Å². The Morgan fingerprint density at radius 1 is 0.301 bits per heavy atom. The summed E-state index contributed by atoms with van der Waals surface area (Å²) in [7, 11) is 0. The minimum Gasteiger partial charge on any atom is -0.388 e. The summed E-state index contributed by atoms with van der Waals surface area (Å²) >= 11 is 0. The molecule has 9 aromatic carbocycles. The van der Waals surface area contributed by atoms with E-state index in [1.807, 2.05) is 121 Å². The number of aliphatic imine (C=N–C) groups is 2. The van der Waals surface area contributed by atoms with E-state index in [1.54, 1.807) is 30.9 Å². The van der Waals surface area contributed by atoms with Crippen LogP contribution in [0.4, 0.5) is 11.4 Å². The molecule has 9 rings (SSSR count). The second-order valence-electron chi connectivity index (χ2n) is 20.9. The van der Waals surface area contributed by atoms with E-state index in [4.69, 9.17) is 30.0 Å². The van der Waals surface area contributed by atoms with Gasteiger partial charge in [0.05, 0.1) is 11.4 Å². The minimum absolute atomic E-state index is 0.551. The van der Waals surface area contributed by atoms with Crippen molar-refractivity contribution in [1.29, 1.82) is 15.8 Å². The molecule has 0 aliphatic heterocycles. The molecule has 0 unspecified atom stereocenters. The standard InChI is InChI=1S/C33H30N2O2.C24H20N2O2.C16H15NO/c1-22-13-24(3)30(17-28(22)15-26-5-9-32(10-6-26)35-21-36)19-31-18-29(23(2)14-25(31)4)16-27-7-11-33(12-8-27)37-20-34;1-17-11-18(2)22(13-20-5-9-24(10-6-20)28-15-25)14-21(17)12-19-3-7-23(8-4-19)26-16-27;1-12-3-6-15(13(2)9-12)10-14-4-7-16(8-5-14)18-11-17/h5-14,17-18H,15-16,19H2,1-4H3;3-11,14H,12-13H2,1-2H3;3-9H,10H2,1-2H3. The normalized spacial score (nSPS) is 10.2. The lowest BCUT2D eigenvalue weighted by Gasteiger charge is -2.16. The second kappa shape index (κ2) is 29.7. The smallest absolute Gasteiger partial charge is 0.292 e. The molecular weight excluding hydrogens is 1030 g/mol. The molecule has 0 N–H and O–H groups in total. The van der Waals surface area contributed by atoms with Crippen LogP contribution in [0.2, 0.25) is 0 Å². The minimum atomic E-state index is 0.551. The van der Waals surface area contributed by atoms with Gasteiger partial charge in [-0.05, 0) is 260 Å². The van der Waals surface area contributed by atoms with Crippen LogP contribution >= 0.6 is 0 Å². The summed E-state index contributed by atoms with van der Waals surface area (Å²) in [6.45, 7) is 17.2. The van der Waals surface area contributed by atoms with Crippen molar-refractivity contribution in [3.63, 3.8) is 0 Å². The van der Waals surface area contributed by atoms with Gasteiger partial charge in [-0.15, -0.1) is 15.8 Å². The summed E-state index contributed by atoms with van der Waals surface area (Å²) < 4.78 is 14.5. The van der Waals surface area contributed by atoms with Gasteiger partial charge < -0.3 is 14.2 Å². The van der Waals surface area contributed by atoms with Gasteiger partial charge in [-0.2, -0.15) is 9.98 Å². The van der Waals surface area contributed by atoms with Gasteiger partial charge in [-0.1, -0.05) is 121 Å². The van der Waals surface area contributed by atoms with Crippen molar-refractivity contribution in [2.24, 2.45) is 9.98 Å². The molecule has 10 nitrogen and oxygen atoms in total. The predicted octanol–water partition coefficient (Wildman–Crippen LogP) is 16.6. The molecule has 0 aliphatic rings. The van der Waals surface area contributed by atoms with Gasteiger partial charge in [0.15, 0.2) is 0 Å². The van der Waals surface area contributed by atoms with E-state index >= 15 is 0 Å². The van der Waals surface area contributed by atoms with Crippen LogP contribution in [0.25, 0.3) is 0 Å². The number of isocyanates is 2. The van der Waals surface area contributed by atoms with Crippen LogP contribution in [-0.4, -0.2) is 12.2 Å². The first-order valence-corrected chi connectivity index (χ1v) is 27.2. The summed E-state index contributed by atoms with van der Waals surface area (Å²) in [6.07, 6.45) is 13.3. The largest absolute Gasteiger partial charge is 0.388 e. The van der Waals surface area contributed by atoms with Crippen molar-refractivity contribution in [3.8, 4) is 36.0 Å². The third-order valence-corrected chi connectivity index (χ3v) is 14.7. The fourth-order valence-corrected chi connectivity index (χ4v) is 10.0. The zero-order chi connectivity index (χ0) is 59.3. The first-order chi connectivity index (χ1) is 40.1. The number of nitriles is 3. The maximum absolute atomic E-state index is 10.5. The summed E-state index contributed by atoms with van der Waals surface area (Å²) in [4.78, 5) is 28.2. The molecule has 0 amide bonds. The summed E-state index contributed by atoms with van der Waals surface area (Å²) in [5.41, 5.74) is 26.6. The van der Waals surface area contributed by atoms with E-state index in [0.717, 1.165) is 38.5 Å². The molecule has 0 spiro atoms. The quantitative estimate of drug-likeness (QED) is 0.0495. The molecule has 0 saturated carbocycles. The topological polar surface area (TPSA) is 158 Å². The van der Waals surface area contributed by atoms with Crippen LogP contribution in [0.3, 0.4) is 0 Å². The number of benzene rings is 9. The Hall–Kier alpha value is -10.4. The van der Waals surface area contributed by atoms with Crippen LogP contribution in [0, 0.1) is 89.9 Å². The molecule has 412 valence electrons. The van der Waals surface area contributed by atoms with Crippen molar-refractivity contribution < 1.29 is 23.8 Å². The van der Waals surface area contributed by atoms with E-state index in [1.165, 1.54) is 111 Å². The first-order valence-electron chi connectivity index (χ1n) is 27.2. The maximum atomic E-state index is 10.5. The highest BCUT2D eigenvalue weighted by atomic mass is 16.5. The van der Waals surface area contributed by atoms with Crippen LogP contribution in [-0.2, 0) is 48.1 Å². The third kappa shape index (κ3) is 17.8. The molecule has 0 atom stereocenters. The highest BCUT2D eigenvalue weighted by Crippen LogP contribution is 2.29.